The first-order valence-electron chi connectivity index (χ1n) is 4.07. The summed E-state index contributed by atoms with van der Waals surface area (Å²) in [6.07, 6.45) is 1.24. The lowest BCUT2D eigenvalue weighted by atomic mass is 10.1. The number of alkyl halides is 1. The van der Waals surface area contributed by atoms with Crippen molar-refractivity contribution in [3.63, 3.8) is 0 Å². The van der Waals surface area contributed by atoms with Crippen LogP contribution in [0.3, 0.4) is 0 Å². The number of hydrogen-bond acceptors (Lipinski definition) is 2. The Labute approximate surface area is 95.4 Å². The molecule has 0 heterocycles. The molecule has 0 radical (unpaired) electrons. The summed E-state index contributed by atoms with van der Waals surface area (Å²) in [5.74, 6) is -0.442. The Morgan fingerprint density at radius 1 is 1.40 bits per heavy atom. The van der Waals surface area contributed by atoms with Gasteiger partial charge in [0.1, 0.15) is 23.5 Å². The summed E-state index contributed by atoms with van der Waals surface area (Å²) in [5, 5.41) is 17.7. The number of benzene rings is 1. The fourth-order valence-electron chi connectivity index (χ4n) is 1.03. The van der Waals surface area contributed by atoms with Crippen LogP contribution >= 0.6 is 15.9 Å². The van der Waals surface area contributed by atoms with Crippen LogP contribution < -0.4 is 0 Å². The summed E-state index contributed by atoms with van der Waals surface area (Å²) in [6.45, 7) is 0. The van der Waals surface area contributed by atoms with Crippen LogP contribution in [-0.4, -0.2) is 0 Å². The molecular weight excluding hydrogens is 259 g/mol. The number of nitrogens with zero attached hydrogens (tertiary/aromatic N) is 2. The van der Waals surface area contributed by atoms with Crippen LogP contribution in [0.25, 0.3) is 6.08 Å². The molecule has 0 atom stereocenters. The van der Waals surface area contributed by atoms with Crippen LogP contribution in [0.1, 0.15) is 11.1 Å². The maximum atomic E-state index is 13.3. The first-order chi connectivity index (χ1) is 7.21. The highest BCUT2D eigenvalue weighted by atomic mass is 79.9. The van der Waals surface area contributed by atoms with Gasteiger partial charge in [-0.05, 0) is 23.8 Å². The summed E-state index contributed by atoms with van der Waals surface area (Å²) in [4.78, 5) is 0. The maximum absolute atomic E-state index is 13.3. The van der Waals surface area contributed by atoms with Crippen molar-refractivity contribution in [2.75, 3.05) is 0 Å². The fraction of sp³-hybridized carbons (Fsp3) is 0.0909. The highest BCUT2D eigenvalue weighted by Crippen LogP contribution is 2.15. The van der Waals surface area contributed by atoms with Gasteiger partial charge in [0, 0.05) is 10.9 Å². The highest BCUT2D eigenvalue weighted by molar-refractivity contribution is 9.08. The molecule has 15 heavy (non-hydrogen) atoms. The fourth-order valence-corrected chi connectivity index (χ4v) is 1.38. The van der Waals surface area contributed by atoms with E-state index in [1.807, 2.05) is 0 Å². The molecule has 0 N–H and O–H groups in total. The lowest BCUT2D eigenvalue weighted by Crippen LogP contribution is -1.86. The number of hydrogen-bond donors (Lipinski definition) is 0. The van der Waals surface area contributed by atoms with E-state index >= 15 is 0 Å². The van der Waals surface area contributed by atoms with Crippen molar-refractivity contribution in [2.45, 2.75) is 5.33 Å². The SMILES string of the molecule is N#CC(C#N)=Cc1cc(CBr)ccc1F. The van der Waals surface area contributed by atoms with Gasteiger partial charge in [-0.25, -0.2) is 4.39 Å². The van der Waals surface area contributed by atoms with E-state index in [2.05, 4.69) is 15.9 Å². The van der Waals surface area contributed by atoms with E-state index in [0.29, 0.717) is 5.33 Å². The van der Waals surface area contributed by atoms with Crippen LogP contribution in [-0.2, 0) is 5.33 Å². The second-order valence-electron chi connectivity index (χ2n) is 2.77. The minimum absolute atomic E-state index is 0.111. The topological polar surface area (TPSA) is 47.6 Å². The van der Waals surface area contributed by atoms with E-state index < -0.39 is 5.82 Å². The summed E-state index contributed by atoms with van der Waals surface area (Å²) >= 11 is 3.24. The summed E-state index contributed by atoms with van der Waals surface area (Å²) in [7, 11) is 0. The smallest absolute Gasteiger partial charge is 0.130 e. The molecule has 1 aromatic rings. The predicted molar refractivity (Wildman–Crippen MR) is 58.2 cm³/mol. The molecule has 0 saturated carbocycles. The number of halogens is 2. The van der Waals surface area contributed by atoms with E-state index in [9.17, 15) is 4.39 Å². The minimum atomic E-state index is -0.442. The standard InChI is InChI=1S/C11H6BrFN2/c12-5-8-1-2-11(13)10(3-8)4-9(6-14)7-15/h1-4H,5H2. The molecule has 0 aromatic heterocycles. The Morgan fingerprint density at radius 3 is 2.60 bits per heavy atom. The van der Waals surface area contributed by atoms with Crippen LogP contribution in [0.5, 0.6) is 0 Å². The minimum Gasteiger partial charge on any atom is -0.206 e. The average molecular weight is 265 g/mol. The Kier molecular flexibility index (Phi) is 4.03. The molecule has 0 fully saturated rings. The highest BCUT2D eigenvalue weighted by Gasteiger charge is 2.02. The third-order valence-corrected chi connectivity index (χ3v) is 2.40. The Bertz CT molecular complexity index is 464. The van der Waals surface area contributed by atoms with Gasteiger partial charge < -0.3 is 0 Å². The Morgan fingerprint density at radius 2 is 2.07 bits per heavy atom. The summed E-state index contributed by atoms with van der Waals surface area (Å²) in [5.41, 5.74) is 1.03. The van der Waals surface area contributed by atoms with Crippen molar-refractivity contribution in [2.24, 2.45) is 0 Å². The second-order valence-corrected chi connectivity index (χ2v) is 3.33. The van der Waals surface area contributed by atoms with Gasteiger partial charge in [-0.2, -0.15) is 10.5 Å². The third kappa shape index (κ3) is 2.90. The molecule has 0 aliphatic carbocycles. The first-order valence-corrected chi connectivity index (χ1v) is 5.19. The predicted octanol–water partition coefficient (Wildman–Crippen LogP) is 3.15. The van der Waals surface area contributed by atoms with Crippen molar-refractivity contribution >= 4 is 22.0 Å². The average Bonchev–Trinajstić information content (AvgIpc) is 2.28. The largest absolute Gasteiger partial charge is 0.206 e. The van der Waals surface area contributed by atoms with Crippen molar-refractivity contribution in [1.29, 1.82) is 10.5 Å². The molecule has 0 aliphatic heterocycles. The van der Waals surface area contributed by atoms with Crippen LogP contribution in [0, 0.1) is 28.5 Å². The van der Waals surface area contributed by atoms with Gasteiger partial charge in [0.2, 0.25) is 0 Å². The normalized spacial score (nSPS) is 8.80. The molecule has 0 spiro atoms. The number of nitriles is 2. The van der Waals surface area contributed by atoms with Gasteiger partial charge in [0.15, 0.2) is 0 Å². The van der Waals surface area contributed by atoms with Crippen molar-refractivity contribution < 1.29 is 4.39 Å². The molecule has 0 bridgehead atoms. The van der Waals surface area contributed by atoms with E-state index in [0.717, 1.165) is 5.56 Å². The second kappa shape index (κ2) is 5.29. The molecule has 0 unspecified atom stereocenters. The third-order valence-electron chi connectivity index (χ3n) is 1.76. The molecule has 0 saturated heterocycles. The maximum Gasteiger partial charge on any atom is 0.130 e. The zero-order valence-electron chi connectivity index (χ0n) is 7.67. The first kappa shape index (κ1) is 11.4. The molecule has 1 aromatic carbocycles. The van der Waals surface area contributed by atoms with Gasteiger partial charge in [-0.1, -0.05) is 22.0 Å². The van der Waals surface area contributed by atoms with Crippen LogP contribution in [0.4, 0.5) is 4.39 Å². The van der Waals surface area contributed by atoms with Gasteiger partial charge in [0.25, 0.3) is 0 Å². The molecule has 0 amide bonds. The van der Waals surface area contributed by atoms with Crippen LogP contribution in [0.2, 0.25) is 0 Å². The van der Waals surface area contributed by atoms with Gasteiger partial charge >= 0.3 is 0 Å². The van der Waals surface area contributed by atoms with E-state index in [1.165, 1.54) is 12.1 Å². The lowest BCUT2D eigenvalue weighted by molar-refractivity contribution is 0.624. The summed E-state index contributed by atoms with van der Waals surface area (Å²) in [6, 6.07) is 7.92. The van der Waals surface area contributed by atoms with Crippen molar-refractivity contribution in [1.82, 2.24) is 0 Å². The van der Waals surface area contributed by atoms with Gasteiger partial charge in [-0.15, -0.1) is 0 Å². The zero-order valence-corrected chi connectivity index (χ0v) is 9.25. The van der Waals surface area contributed by atoms with Crippen LogP contribution in [0.15, 0.2) is 23.8 Å². The Hall–Kier alpha value is -1.65. The van der Waals surface area contributed by atoms with E-state index in [-0.39, 0.29) is 11.1 Å². The van der Waals surface area contributed by atoms with Crippen molar-refractivity contribution in [3.8, 4) is 12.1 Å². The monoisotopic (exact) mass is 264 g/mol. The van der Waals surface area contributed by atoms with E-state index in [1.54, 1.807) is 24.3 Å². The molecule has 2 nitrogen and oxygen atoms in total. The number of rotatable bonds is 2. The molecule has 4 heteroatoms. The summed E-state index contributed by atoms with van der Waals surface area (Å²) < 4.78 is 13.3. The van der Waals surface area contributed by atoms with Crippen molar-refractivity contribution in [3.05, 3.63) is 40.7 Å². The van der Waals surface area contributed by atoms with Gasteiger partial charge in [-0.3, -0.25) is 0 Å². The Balaban J connectivity index is 3.21. The van der Waals surface area contributed by atoms with Gasteiger partial charge in [0.05, 0.1) is 0 Å². The number of allylic oxidation sites excluding steroid dienone is 1. The molecule has 1 rings (SSSR count). The molecule has 74 valence electrons. The van der Waals surface area contributed by atoms with E-state index in [4.69, 9.17) is 10.5 Å². The molecule has 0 aliphatic rings. The lowest BCUT2D eigenvalue weighted by Gasteiger charge is -1.99. The quantitative estimate of drug-likeness (QED) is 0.609. The molecular formula is C11H6BrFN2. The zero-order chi connectivity index (χ0) is 11.3.